The maximum Gasteiger partial charge on any atom is 0.125 e. The van der Waals surface area contributed by atoms with Crippen LogP contribution in [0.25, 0.3) is 0 Å². The molecule has 0 aliphatic carbocycles. The van der Waals surface area contributed by atoms with E-state index in [1.165, 1.54) is 31.4 Å². The van der Waals surface area contributed by atoms with Crippen LogP contribution in [0.1, 0.15) is 44.7 Å². The van der Waals surface area contributed by atoms with Gasteiger partial charge in [0, 0.05) is 18.8 Å². The summed E-state index contributed by atoms with van der Waals surface area (Å²) in [5.74, 6) is 0.982. The highest BCUT2D eigenvalue weighted by Crippen LogP contribution is 2.30. The normalized spacial score (nSPS) is 21.4. The first-order chi connectivity index (χ1) is 8.35. The molecule has 0 spiro atoms. The van der Waals surface area contributed by atoms with Crippen LogP contribution >= 0.6 is 0 Å². The van der Waals surface area contributed by atoms with E-state index in [9.17, 15) is 0 Å². The van der Waals surface area contributed by atoms with Crippen molar-refractivity contribution in [2.75, 3.05) is 25.0 Å². The van der Waals surface area contributed by atoms with E-state index in [1.54, 1.807) is 0 Å². The number of nitrogens with zero attached hydrogens (tertiary/aromatic N) is 2. The number of hydrogen-bond donors (Lipinski definition) is 1. The molecular formula is C14H23N3. The van der Waals surface area contributed by atoms with Crippen LogP contribution in [0.4, 0.5) is 5.82 Å². The van der Waals surface area contributed by atoms with E-state index in [0.29, 0.717) is 6.04 Å². The Morgan fingerprint density at radius 1 is 1.35 bits per heavy atom. The Bertz CT molecular complexity index is 334. The molecule has 1 saturated heterocycles. The van der Waals surface area contributed by atoms with Crippen molar-refractivity contribution in [3.05, 3.63) is 23.9 Å². The van der Waals surface area contributed by atoms with Crippen molar-refractivity contribution >= 4 is 5.82 Å². The number of nitrogens with one attached hydrogen (secondary N) is 1. The Kier molecular flexibility index (Phi) is 4.37. The molecule has 2 heterocycles. The van der Waals surface area contributed by atoms with Crippen molar-refractivity contribution in [3.8, 4) is 0 Å². The lowest BCUT2D eigenvalue weighted by atomic mass is 9.96. The zero-order valence-electron chi connectivity index (χ0n) is 10.9. The fraction of sp³-hybridized carbons (Fsp3) is 0.643. The van der Waals surface area contributed by atoms with Gasteiger partial charge in [0.2, 0.25) is 0 Å². The van der Waals surface area contributed by atoms with Crippen LogP contribution < -0.4 is 5.32 Å². The third-order valence-corrected chi connectivity index (χ3v) is 3.55. The molecule has 1 aliphatic rings. The molecule has 0 amide bonds. The number of likely N-dealkylation sites (tertiary alicyclic amines) is 1. The lowest BCUT2D eigenvalue weighted by Crippen LogP contribution is -2.33. The zero-order chi connectivity index (χ0) is 12.1. The summed E-state index contributed by atoms with van der Waals surface area (Å²) in [5, 5.41) is 3.24. The average molecular weight is 233 g/mol. The molecule has 1 fully saturated rings. The molecule has 1 atom stereocenters. The first kappa shape index (κ1) is 12.4. The summed E-state index contributed by atoms with van der Waals surface area (Å²) in [6, 6.07) is 4.90. The van der Waals surface area contributed by atoms with E-state index < -0.39 is 0 Å². The number of rotatable bonds is 4. The van der Waals surface area contributed by atoms with Crippen molar-refractivity contribution < 1.29 is 0 Å². The van der Waals surface area contributed by atoms with Gasteiger partial charge < -0.3 is 5.32 Å². The minimum Gasteiger partial charge on any atom is -0.370 e. The minimum atomic E-state index is 0.580. The SMILES string of the molecule is CCNc1ccc([C@H]2CCCCN2CC)cn1. The second-order valence-corrected chi connectivity index (χ2v) is 4.65. The fourth-order valence-electron chi connectivity index (χ4n) is 2.64. The third-order valence-electron chi connectivity index (χ3n) is 3.55. The maximum atomic E-state index is 4.47. The predicted octanol–water partition coefficient (Wildman–Crippen LogP) is 3.06. The largest absolute Gasteiger partial charge is 0.370 e. The number of pyridine rings is 1. The van der Waals surface area contributed by atoms with Gasteiger partial charge in [-0.3, -0.25) is 4.90 Å². The maximum absolute atomic E-state index is 4.47. The van der Waals surface area contributed by atoms with Crippen molar-refractivity contribution in [3.63, 3.8) is 0 Å². The molecule has 1 aromatic rings. The molecule has 0 bridgehead atoms. The minimum absolute atomic E-state index is 0.580. The summed E-state index contributed by atoms with van der Waals surface area (Å²) in [7, 11) is 0. The third kappa shape index (κ3) is 2.97. The zero-order valence-corrected chi connectivity index (χ0v) is 10.9. The van der Waals surface area contributed by atoms with Gasteiger partial charge >= 0.3 is 0 Å². The first-order valence-corrected chi connectivity index (χ1v) is 6.79. The van der Waals surface area contributed by atoms with Crippen LogP contribution in [0.3, 0.4) is 0 Å². The highest BCUT2D eigenvalue weighted by Gasteiger charge is 2.22. The van der Waals surface area contributed by atoms with E-state index >= 15 is 0 Å². The molecule has 2 rings (SSSR count). The summed E-state index contributed by atoms with van der Waals surface area (Å²) in [6.07, 6.45) is 6.00. The number of piperidine rings is 1. The Morgan fingerprint density at radius 3 is 2.88 bits per heavy atom. The Hall–Kier alpha value is -1.09. The number of hydrogen-bond acceptors (Lipinski definition) is 3. The summed E-state index contributed by atoms with van der Waals surface area (Å²) >= 11 is 0. The van der Waals surface area contributed by atoms with Gasteiger partial charge in [0.05, 0.1) is 0 Å². The van der Waals surface area contributed by atoms with Gasteiger partial charge in [-0.1, -0.05) is 19.4 Å². The summed E-state index contributed by atoms with van der Waals surface area (Å²) in [5.41, 5.74) is 1.37. The number of anilines is 1. The molecule has 0 radical (unpaired) electrons. The van der Waals surface area contributed by atoms with Crippen LogP contribution in [-0.4, -0.2) is 29.5 Å². The monoisotopic (exact) mass is 233 g/mol. The fourth-order valence-corrected chi connectivity index (χ4v) is 2.64. The Labute approximate surface area is 104 Å². The van der Waals surface area contributed by atoms with E-state index in [0.717, 1.165) is 18.9 Å². The molecule has 0 unspecified atom stereocenters. The van der Waals surface area contributed by atoms with Crippen molar-refractivity contribution in [2.45, 2.75) is 39.2 Å². The molecular weight excluding hydrogens is 210 g/mol. The predicted molar refractivity (Wildman–Crippen MR) is 72.2 cm³/mol. The van der Waals surface area contributed by atoms with Gasteiger partial charge in [0.25, 0.3) is 0 Å². The van der Waals surface area contributed by atoms with Gasteiger partial charge in [-0.05, 0) is 44.5 Å². The molecule has 3 heteroatoms. The molecule has 3 nitrogen and oxygen atoms in total. The van der Waals surface area contributed by atoms with E-state index in [4.69, 9.17) is 0 Å². The van der Waals surface area contributed by atoms with Gasteiger partial charge in [0.15, 0.2) is 0 Å². The number of aromatic nitrogens is 1. The topological polar surface area (TPSA) is 28.2 Å². The van der Waals surface area contributed by atoms with Crippen LogP contribution in [0, 0.1) is 0 Å². The second-order valence-electron chi connectivity index (χ2n) is 4.65. The van der Waals surface area contributed by atoms with Crippen LogP contribution in [0.2, 0.25) is 0 Å². The summed E-state index contributed by atoms with van der Waals surface area (Å²) in [6.45, 7) is 7.64. The quantitative estimate of drug-likeness (QED) is 0.866. The van der Waals surface area contributed by atoms with E-state index in [-0.39, 0.29) is 0 Å². The van der Waals surface area contributed by atoms with E-state index in [2.05, 4.69) is 41.2 Å². The van der Waals surface area contributed by atoms with Crippen molar-refractivity contribution in [1.82, 2.24) is 9.88 Å². The highest BCUT2D eigenvalue weighted by atomic mass is 15.2. The molecule has 94 valence electrons. The summed E-state index contributed by atoms with van der Waals surface area (Å²) in [4.78, 5) is 7.04. The molecule has 1 aliphatic heterocycles. The summed E-state index contributed by atoms with van der Waals surface area (Å²) < 4.78 is 0. The van der Waals surface area contributed by atoms with Gasteiger partial charge in [-0.25, -0.2) is 4.98 Å². The van der Waals surface area contributed by atoms with Gasteiger partial charge in [-0.2, -0.15) is 0 Å². The molecule has 1 aromatic heterocycles. The molecule has 1 N–H and O–H groups in total. The van der Waals surface area contributed by atoms with Crippen LogP contribution in [0.5, 0.6) is 0 Å². The van der Waals surface area contributed by atoms with Crippen LogP contribution in [-0.2, 0) is 0 Å². The molecule has 17 heavy (non-hydrogen) atoms. The van der Waals surface area contributed by atoms with Gasteiger partial charge in [0.1, 0.15) is 5.82 Å². The lowest BCUT2D eigenvalue weighted by Gasteiger charge is -2.35. The second kappa shape index (κ2) is 6.01. The Balaban J connectivity index is 2.09. The van der Waals surface area contributed by atoms with Gasteiger partial charge in [-0.15, -0.1) is 0 Å². The molecule has 0 aromatic carbocycles. The average Bonchev–Trinajstić information content (AvgIpc) is 2.40. The standard InChI is InChI=1S/C14H23N3/c1-3-15-14-9-8-12(11-16-14)13-7-5-6-10-17(13)4-2/h8-9,11,13H,3-7,10H2,1-2H3,(H,15,16)/t13-/m1/s1. The lowest BCUT2D eigenvalue weighted by molar-refractivity contribution is 0.157. The van der Waals surface area contributed by atoms with Crippen molar-refractivity contribution in [2.24, 2.45) is 0 Å². The molecule has 0 saturated carbocycles. The van der Waals surface area contributed by atoms with Crippen molar-refractivity contribution in [1.29, 1.82) is 0 Å². The first-order valence-electron chi connectivity index (χ1n) is 6.79. The van der Waals surface area contributed by atoms with E-state index in [1.807, 2.05) is 6.20 Å². The highest BCUT2D eigenvalue weighted by molar-refractivity contribution is 5.36. The Morgan fingerprint density at radius 2 is 2.24 bits per heavy atom. The van der Waals surface area contributed by atoms with Crippen LogP contribution in [0.15, 0.2) is 18.3 Å². The smallest absolute Gasteiger partial charge is 0.125 e.